The minimum atomic E-state index is 0.104. The zero-order valence-electron chi connectivity index (χ0n) is 12.1. The molecule has 1 unspecified atom stereocenters. The minimum absolute atomic E-state index is 0.104. The number of benzene rings is 1. The van der Waals surface area contributed by atoms with E-state index in [1.807, 2.05) is 13.0 Å². The topological polar surface area (TPSA) is 35.5 Å². The Balaban J connectivity index is 3.51. The molecule has 0 radical (unpaired) electrons. The molecule has 0 aliphatic carbocycles. The van der Waals surface area contributed by atoms with Gasteiger partial charge in [-0.2, -0.15) is 0 Å². The predicted octanol–water partition coefficient (Wildman–Crippen LogP) is 4.17. The first kappa shape index (κ1) is 15.8. The Kier molecular flexibility index (Phi) is 5.67. The molecule has 0 N–H and O–H groups in total. The molecule has 0 aliphatic rings. The van der Waals surface area contributed by atoms with Crippen LogP contribution in [0.1, 0.15) is 50.2 Å². The summed E-state index contributed by atoms with van der Waals surface area (Å²) in [7, 11) is 3.15. The fraction of sp³-hybridized carbons (Fsp3) is 0.533. The maximum Gasteiger partial charge on any atom is 0.179 e. The second-order valence-electron chi connectivity index (χ2n) is 4.89. The Morgan fingerprint density at radius 2 is 1.89 bits per heavy atom. The second kappa shape index (κ2) is 6.80. The van der Waals surface area contributed by atoms with Crippen molar-refractivity contribution < 1.29 is 14.3 Å². The highest BCUT2D eigenvalue weighted by molar-refractivity contribution is 6.33. The van der Waals surface area contributed by atoms with E-state index in [9.17, 15) is 4.79 Å². The minimum Gasteiger partial charge on any atom is -0.493 e. The maximum absolute atomic E-state index is 10.7. The van der Waals surface area contributed by atoms with Crippen molar-refractivity contribution >= 4 is 17.9 Å². The van der Waals surface area contributed by atoms with Crippen molar-refractivity contribution in [2.75, 3.05) is 14.2 Å². The zero-order chi connectivity index (χ0) is 14.6. The predicted molar refractivity (Wildman–Crippen MR) is 77.7 cm³/mol. The molecular weight excluding hydrogens is 264 g/mol. The lowest BCUT2D eigenvalue weighted by atomic mass is 9.87. The molecular formula is C15H21ClO3. The third kappa shape index (κ3) is 3.21. The van der Waals surface area contributed by atoms with Crippen LogP contribution in [0.4, 0.5) is 0 Å². The van der Waals surface area contributed by atoms with Gasteiger partial charge in [0.25, 0.3) is 0 Å². The lowest BCUT2D eigenvalue weighted by Gasteiger charge is -2.22. The SMILES string of the molecule is COc1cc(C(C)CC=O)c(C(C)C)c(Cl)c1OC. The van der Waals surface area contributed by atoms with E-state index in [-0.39, 0.29) is 11.8 Å². The van der Waals surface area contributed by atoms with Crippen LogP contribution in [-0.4, -0.2) is 20.5 Å². The molecule has 0 aromatic heterocycles. The van der Waals surface area contributed by atoms with Gasteiger partial charge in [0, 0.05) is 6.42 Å². The summed E-state index contributed by atoms with van der Waals surface area (Å²) < 4.78 is 10.6. The van der Waals surface area contributed by atoms with E-state index in [2.05, 4.69) is 13.8 Å². The van der Waals surface area contributed by atoms with Gasteiger partial charge in [-0.05, 0) is 29.0 Å². The van der Waals surface area contributed by atoms with E-state index in [1.165, 1.54) is 0 Å². The van der Waals surface area contributed by atoms with Crippen LogP contribution in [0.3, 0.4) is 0 Å². The first-order chi connectivity index (χ1) is 8.97. The van der Waals surface area contributed by atoms with Gasteiger partial charge in [-0.1, -0.05) is 32.4 Å². The first-order valence-corrected chi connectivity index (χ1v) is 6.73. The van der Waals surface area contributed by atoms with Gasteiger partial charge in [-0.15, -0.1) is 0 Å². The summed E-state index contributed by atoms with van der Waals surface area (Å²) in [4.78, 5) is 10.7. The number of ether oxygens (including phenoxy) is 2. The highest BCUT2D eigenvalue weighted by Gasteiger charge is 2.22. The lowest BCUT2D eigenvalue weighted by Crippen LogP contribution is -2.05. The molecule has 19 heavy (non-hydrogen) atoms. The average Bonchev–Trinajstić information content (AvgIpc) is 2.37. The molecule has 1 rings (SSSR count). The van der Waals surface area contributed by atoms with Crippen molar-refractivity contribution in [1.82, 2.24) is 0 Å². The van der Waals surface area contributed by atoms with Crippen molar-refractivity contribution in [2.24, 2.45) is 0 Å². The summed E-state index contributed by atoms with van der Waals surface area (Å²) in [6.07, 6.45) is 1.39. The lowest BCUT2D eigenvalue weighted by molar-refractivity contribution is -0.108. The summed E-state index contributed by atoms with van der Waals surface area (Å²) in [5.41, 5.74) is 2.07. The van der Waals surface area contributed by atoms with Gasteiger partial charge in [0.2, 0.25) is 0 Å². The molecule has 0 spiro atoms. The third-order valence-corrected chi connectivity index (χ3v) is 3.61. The fourth-order valence-corrected chi connectivity index (χ4v) is 2.75. The molecule has 4 heteroatoms. The fourth-order valence-electron chi connectivity index (χ4n) is 2.25. The van der Waals surface area contributed by atoms with Crippen molar-refractivity contribution in [1.29, 1.82) is 0 Å². The smallest absolute Gasteiger partial charge is 0.179 e. The van der Waals surface area contributed by atoms with Crippen LogP contribution in [0.2, 0.25) is 5.02 Å². The van der Waals surface area contributed by atoms with Gasteiger partial charge in [0.1, 0.15) is 6.29 Å². The first-order valence-electron chi connectivity index (χ1n) is 6.35. The van der Waals surface area contributed by atoms with E-state index in [4.69, 9.17) is 21.1 Å². The molecule has 3 nitrogen and oxygen atoms in total. The maximum atomic E-state index is 10.7. The number of halogens is 1. The second-order valence-corrected chi connectivity index (χ2v) is 5.27. The Hall–Kier alpha value is -1.22. The van der Waals surface area contributed by atoms with Crippen LogP contribution in [0.25, 0.3) is 0 Å². The number of carbonyl (C=O) groups is 1. The summed E-state index contributed by atoms with van der Waals surface area (Å²) in [6, 6.07) is 1.92. The van der Waals surface area contributed by atoms with E-state index in [1.54, 1.807) is 14.2 Å². The Bertz CT molecular complexity index is 455. The molecule has 0 aliphatic heterocycles. The Morgan fingerprint density at radius 1 is 1.26 bits per heavy atom. The van der Waals surface area contributed by atoms with Gasteiger partial charge >= 0.3 is 0 Å². The monoisotopic (exact) mass is 284 g/mol. The van der Waals surface area contributed by atoms with Gasteiger partial charge in [-0.3, -0.25) is 0 Å². The van der Waals surface area contributed by atoms with Crippen LogP contribution in [0.15, 0.2) is 6.07 Å². The molecule has 1 atom stereocenters. The van der Waals surface area contributed by atoms with E-state index >= 15 is 0 Å². The van der Waals surface area contributed by atoms with E-state index in [0.29, 0.717) is 22.9 Å². The average molecular weight is 285 g/mol. The normalized spacial score (nSPS) is 12.4. The van der Waals surface area contributed by atoms with Gasteiger partial charge < -0.3 is 14.3 Å². The highest BCUT2D eigenvalue weighted by atomic mass is 35.5. The molecule has 1 aromatic carbocycles. The van der Waals surface area contributed by atoms with Crippen molar-refractivity contribution in [2.45, 2.75) is 39.0 Å². The van der Waals surface area contributed by atoms with Gasteiger partial charge in [0.05, 0.1) is 19.2 Å². The van der Waals surface area contributed by atoms with Gasteiger partial charge in [0.15, 0.2) is 11.5 Å². The Morgan fingerprint density at radius 3 is 2.32 bits per heavy atom. The quantitative estimate of drug-likeness (QED) is 0.735. The number of hydrogen-bond donors (Lipinski definition) is 0. The zero-order valence-corrected chi connectivity index (χ0v) is 12.9. The molecule has 0 saturated heterocycles. The standard InChI is InChI=1S/C15H21ClO3/c1-9(2)13-11(10(3)6-7-17)8-12(18-4)15(19-5)14(13)16/h7-10H,6H2,1-5H3. The van der Waals surface area contributed by atoms with Crippen LogP contribution in [-0.2, 0) is 4.79 Å². The molecule has 106 valence electrons. The number of carbonyl (C=O) groups excluding carboxylic acids is 1. The summed E-state index contributed by atoms with van der Waals surface area (Å²) >= 11 is 6.44. The molecule has 1 aromatic rings. The molecule has 0 heterocycles. The van der Waals surface area contributed by atoms with Crippen molar-refractivity contribution in [3.05, 3.63) is 22.2 Å². The molecule has 0 bridgehead atoms. The van der Waals surface area contributed by atoms with Crippen molar-refractivity contribution in [3.8, 4) is 11.5 Å². The van der Waals surface area contributed by atoms with Crippen LogP contribution in [0, 0.1) is 0 Å². The number of methoxy groups -OCH3 is 2. The largest absolute Gasteiger partial charge is 0.493 e. The van der Waals surface area contributed by atoms with E-state index in [0.717, 1.165) is 17.4 Å². The number of aldehydes is 1. The van der Waals surface area contributed by atoms with Gasteiger partial charge in [-0.25, -0.2) is 0 Å². The molecule has 0 fully saturated rings. The van der Waals surface area contributed by atoms with Crippen LogP contribution < -0.4 is 9.47 Å². The Labute approximate surface area is 119 Å². The summed E-state index contributed by atoms with van der Waals surface area (Å²) in [5.74, 6) is 1.50. The molecule has 0 saturated carbocycles. The number of hydrogen-bond acceptors (Lipinski definition) is 3. The number of rotatable bonds is 6. The highest BCUT2D eigenvalue weighted by Crippen LogP contribution is 2.44. The summed E-state index contributed by atoms with van der Waals surface area (Å²) in [5, 5.41) is 0.574. The third-order valence-electron chi connectivity index (χ3n) is 3.24. The molecule has 0 amide bonds. The van der Waals surface area contributed by atoms with E-state index < -0.39 is 0 Å². The van der Waals surface area contributed by atoms with Crippen molar-refractivity contribution in [3.63, 3.8) is 0 Å². The summed E-state index contributed by atoms with van der Waals surface area (Å²) in [6.45, 7) is 6.16. The van der Waals surface area contributed by atoms with Crippen LogP contribution in [0.5, 0.6) is 11.5 Å². The van der Waals surface area contributed by atoms with Crippen LogP contribution >= 0.6 is 11.6 Å².